The molecular formula is C22H25NS. The third-order valence-electron chi connectivity index (χ3n) is 4.04. The zero-order valence-corrected chi connectivity index (χ0v) is 15.7. The summed E-state index contributed by atoms with van der Waals surface area (Å²) in [5.74, 6) is 1.14. The van der Waals surface area contributed by atoms with Crippen molar-refractivity contribution in [2.24, 2.45) is 0 Å². The largest absolute Gasteiger partial charge is 0.256 e. The van der Waals surface area contributed by atoms with E-state index >= 15 is 0 Å². The number of hydrogen-bond acceptors (Lipinski definition) is 1. The first-order valence-electron chi connectivity index (χ1n) is 8.20. The summed E-state index contributed by atoms with van der Waals surface area (Å²) in [6.07, 6.45) is 9.00. The first kappa shape index (κ1) is 16.8. The van der Waals surface area contributed by atoms with E-state index in [2.05, 4.69) is 91.3 Å². The monoisotopic (exact) mass is 335 g/mol. The highest BCUT2D eigenvalue weighted by Gasteiger charge is 2.09. The lowest BCUT2D eigenvalue weighted by Gasteiger charge is -2.25. The second-order valence-electron chi connectivity index (χ2n) is 7.18. The number of pyridine rings is 1. The van der Waals surface area contributed by atoms with Gasteiger partial charge in [0.25, 0.3) is 0 Å². The van der Waals surface area contributed by atoms with Crippen LogP contribution >= 0.6 is 10.0 Å². The van der Waals surface area contributed by atoms with Crippen molar-refractivity contribution < 1.29 is 0 Å². The Morgan fingerprint density at radius 2 is 1.58 bits per heavy atom. The summed E-state index contributed by atoms with van der Waals surface area (Å²) in [5.41, 5.74) is 7.46. The van der Waals surface area contributed by atoms with Crippen molar-refractivity contribution in [3.63, 3.8) is 0 Å². The van der Waals surface area contributed by atoms with Gasteiger partial charge in [0.1, 0.15) is 0 Å². The van der Waals surface area contributed by atoms with Gasteiger partial charge in [-0.2, -0.15) is 0 Å². The molecule has 0 amide bonds. The van der Waals surface area contributed by atoms with E-state index in [0.29, 0.717) is 0 Å². The summed E-state index contributed by atoms with van der Waals surface area (Å²) < 4.78 is 0. The number of aryl methyl sites for hydroxylation is 1. The maximum atomic E-state index is 4.61. The molecule has 0 radical (unpaired) electrons. The number of rotatable bonds is 4. The topological polar surface area (TPSA) is 12.9 Å². The molecule has 0 N–H and O–H groups in total. The fraction of sp³-hybridized carbons (Fsp3) is 0.227. The summed E-state index contributed by atoms with van der Waals surface area (Å²) in [6, 6.07) is 21.6. The summed E-state index contributed by atoms with van der Waals surface area (Å²) in [4.78, 5) is 4.61. The second-order valence-corrected chi connectivity index (χ2v) is 11.7. The van der Waals surface area contributed by atoms with Crippen LogP contribution in [0, 0.1) is 6.92 Å². The van der Waals surface area contributed by atoms with E-state index in [1.54, 1.807) is 0 Å². The van der Waals surface area contributed by atoms with Crippen molar-refractivity contribution in [2.45, 2.75) is 12.7 Å². The van der Waals surface area contributed by atoms with Gasteiger partial charge in [0, 0.05) is 17.5 Å². The molecule has 3 rings (SSSR count). The van der Waals surface area contributed by atoms with Crippen LogP contribution in [0.5, 0.6) is 0 Å². The van der Waals surface area contributed by atoms with Gasteiger partial charge in [-0.3, -0.25) is 4.98 Å². The molecule has 0 saturated heterocycles. The van der Waals surface area contributed by atoms with Crippen LogP contribution in [0.3, 0.4) is 0 Å². The van der Waals surface area contributed by atoms with Crippen molar-refractivity contribution in [3.8, 4) is 22.4 Å². The zero-order chi connectivity index (χ0) is 17.2. The van der Waals surface area contributed by atoms with E-state index < -0.39 is 10.0 Å². The standard InChI is InChI=1S/C22H25NS/c1-17-10-11-20(15-21(17)19-8-6-5-7-9-19)22-14-18(12-13-23-22)16-24(2,3)4/h5-15H,16H2,1-4H3. The first-order valence-corrected chi connectivity index (χ1v) is 11.2. The number of hydrogen-bond donors (Lipinski definition) is 0. The van der Waals surface area contributed by atoms with Crippen LogP contribution in [0.1, 0.15) is 11.1 Å². The molecule has 24 heavy (non-hydrogen) atoms. The summed E-state index contributed by atoms with van der Waals surface area (Å²) in [7, 11) is -0.562. The van der Waals surface area contributed by atoms with Gasteiger partial charge in [-0.05, 0) is 66.1 Å². The molecule has 0 aliphatic rings. The molecule has 1 aromatic heterocycles. The van der Waals surface area contributed by atoms with Gasteiger partial charge in [-0.15, -0.1) is 0 Å². The number of aromatic nitrogens is 1. The third kappa shape index (κ3) is 4.07. The molecule has 124 valence electrons. The minimum absolute atomic E-state index is 0.562. The first-order chi connectivity index (χ1) is 11.4. The van der Waals surface area contributed by atoms with Crippen LogP contribution in [0.2, 0.25) is 0 Å². The quantitative estimate of drug-likeness (QED) is 0.577. The molecule has 1 heterocycles. The lowest BCUT2D eigenvalue weighted by atomic mass is 9.97. The van der Waals surface area contributed by atoms with E-state index in [1.807, 2.05) is 6.20 Å². The van der Waals surface area contributed by atoms with Crippen LogP contribution in [-0.2, 0) is 5.75 Å². The molecule has 0 aliphatic heterocycles. The predicted molar refractivity (Wildman–Crippen MR) is 109 cm³/mol. The zero-order valence-electron chi connectivity index (χ0n) is 14.9. The molecule has 0 saturated carbocycles. The van der Waals surface area contributed by atoms with Crippen LogP contribution in [0.15, 0.2) is 66.9 Å². The van der Waals surface area contributed by atoms with Gasteiger partial charge in [-0.1, -0.05) is 42.5 Å². The predicted octanol–water partition coefficient (Wildman–Crippen LogP) is 5.92. The van der Waals surface area contributed by atoms with Gasteiger partial charge in [0.15, 0.2) is 0 Å². The minimum Gasteiger partial charge on any atom is -0.256 e. The summed E-state index contributed by atoms with van der Waals surface area (Å²) in [6.45, 7) is 2.17. The molecule has 0 bridgehead atoms. The number of nitrogens with zero attached hydrogens (tertiary/aromatic N) is 1. The second kappa shape index (κ2) is 6.82. The highest BCUT2D eigenvalue weighted by atomic mass is 32.3. The SMILES string of the molecule is Cc1ccc(-c2cc(CS(C)(C)C)ccn2)cc1-c1ccccc1. The van der Waals surface area contributed by atoms with Crippen LogP contribution in [-0.4, -0.2) is 23.8 Å². The van der Waals surface area contributed by atoms with E-state index in [1.165, 1.54) is 27.8 Å². The average molecular weight is 336 g/mol. The highest BCUT2D eigenvalue weighted by molar-refractivity contribution is 8.31. The Bertz CT molecular complexity index is 832. The van der Waals surface area contributed by atoms with E-state index in [9.17, 15) is 0 Å². The van der Waals surface area contributed by atoms with E-state index in [4.69, 9.17) is 0 Å². The van der Waals surface area contributed by atoms with Gasteiger partial charge in [0.2, 0.25) is 0 Å². The van der Waals surface area contributed by atoms with Gasteiger partial charge >= 0.3 is 0 Å². The maximum Gasteiger partial charge on any atom is 0.0705 e. The Balaban J connectivity index is 2.00. The molecule has 2 aromatic carbocycles. The van der Waals surface area contributed by atoms with Crippen molar-refractivity contribution >= 4 is 10.0 Å². The lowest BCUT2D eigenvalue weighted by molar-refractivity contribution is 1.26. The van der Waals surface area contributed by atoms with E-state index in [0.717, 1.165) is 11.4 Å². The molecule has 0 atom stereocenters. The Kier molecular flexibility index (Phi) is 4.77. The third-order valence-corrected chi connectivity index (χ3v) is 5.24. The summed E-state index contributed by atoms with van der Waals surface area (Å²) in [5, 5.41) is 0. The minimum atomic E-state index is -0.562. The Morgan fingerprint density at radius 1 is 0.833 bits per heavy atom. The van der Waals surface area contributed by atoms with Crippen LogP contribution in [0.4, 0.5) is 0 Å². The summed E-state index contributed by atoms with van der Waals surface area (Å²) >= 11 is 0. The van der Waals surface area contributed by atoms with Crippen molar-refractivity contribution in [3.05, 3.63) is 78.0 Å². The van der Waals surface area contributed by atoms with Crippen molar-refractivity contribution in [2.75, 3.05) is 18.8 Å². The van der Waals surface area contributed by atoms with Crippen molar-refractivity contribution in [1.29, 1.82) is 0 Å². The smallest absolute Gasteiger partial charge is 0.0705 e. The lowest BCUT2D eigenvalue weighted by Crippen LogP contribution is -1.97. The Labute approximate surface area is 147 Å². The van der Waals surface area contributed by atoms with Crippen LogP contribution < -0.4 is 0 Å². The Hall–Kier alpha value is -2.06. The molecule has 1 nitrogen and oxygen atoms in total. The fourth-order valence-corrected chi connectivity index (χ4v) is 4.11. The average Bonchev–Trinajstić information content (AvgIpc) is 2.55. The molecular weight excluding hydrogens is 310 g/mol. The van der Waals surface area contributed by atoms with E-state index in [-0.39, 0.29) is 0 Å². The Morgan fingerprint density at radius 3 is 2.29 bits per heavy atom. The molecule has 3 aromatic rings. The molecule has 0 fully saturated rings. The van der Waals surface area contributed by atoms with Gasteiger partial charge in [0.05, 0.1) is 5.69 Å². The van der Waals surface area contributed by atoms with Gasteiger partial charge < -0.3 is 0 Å². The number of benzene rings is 2. The van der Waals surface area contributed by atoms with Crippen LogP contribution in [0.25, 0.3) is 22.4 Å². The normalized spacial score (nSPS) is 12.2. The highest BCUT2D eigenvalue weighted by Crippen LogP contribution is 2.39. The molecule has 0 aliphatic carbocycles. The molecule has 2 heteroatoms. The van der Waals surface area contributed by atoms with Crippen molar-refractivity contribution in [1.82, 2.24) is 4.98 Å². The fourth-order valence-electron chi connectivity index (χ4n) is 2.93. The molecule has 0 spiro atoms. The molecule has 0 unspecified atom stereocenters. The van der Waals surface area contributed by atoms with Gasteiger partial charge in [-0.25, -0.2) is 10.0 Å². The maximum absolute atomic E-state index is 4.61.